The smallest absolute Gasteiger partial charge is 0.308 e. The summed E-state index contributed by atoms with van der Waals surface area (Å²) in [5.41, 5.74) is 3.61. The molecule has 1 atom stereocenters. The molecule has 6 rings (SSSR count). The molecule has 0 fully saturated rings. The molecule has 2 aliphatic rings. The average Bonchev–Trinajstić information content (AvgIpc) is 2.98. The molecule has 40 heavy (non-hydrogen) atoms. The fraction of sp³-hybridized carbons (Fsp3) is 0.125. The van der Waals surface area contributed by atoms with Crippen molar-refractivity contribution in [1.29, 1.82) is 0 Å². The molecule has 0 bridgehead atoms. The van der Waals surface area contributed by atoms with Crippen LogP contribution in [0.25, 0.3) is 0 Å². The summed E-state index contributed by atoms with van der Waals surface area (Å²) in [6.45, 7) is 1.89. The lowest BCUT2D eigenvalue weighted by Gasteiger charge is -2.32. The molecule has 1 amide bonds. The van der Waals surface area contributed by atoms with Crippen LogP contribution in [0.1, 0.15) is 45.2 Å². The number of fused-ring (bicyclic) bond motifs is 4. The first-order chi connectivity index (χ1) is 19.4. The Kier molecular flexibility index (Phi) is 6.69. The van der Waals surface area contributed by atoms with Gasteiger partial charge in [-0.05, 0) is 49.4 Å². The van der Waals surface area contributed by atoms with Gasteiger partial charge < -0.3 is 15.0 Å². The molecule has 7 nitrogen and oxygen atoms in total. The van der Waals surface area contributed by atoms with Gasteiger partial charge in [0, 0.05) is 44.3 Å². The third kappa shape index (κ3) is 4.67. The zero-order valence-electron chi connectivity index (χ0n) is 21.5. The van der Waals surface area contributed by atoms with E-state index in [9.17, 15) is 19.2 Å². The minimum absolute atomic E-state index is 0.0832. The van der Waals surface area contributed by atoms with E-state index in [1.807, 2.05) is 36.4 Å². The topological polar surface area (TPSA) is 92.8 Å². The number of amides is 1. The summed E-state index contributed by atoms with van der Waals surface area (Å²) in [6.07, 6.45) is -0.974. The molecule has 0 spiro atoms. The van der Waals surface area contributed by atoms with E-state index in [1.165, 1.54) is 19.1 Å². The third-order valence-electron chi connectivity index (χ3n) is 6.94. The van der Waals surface area contributed by atoms with Gasteiger partial charge in [0.15, 0.2) is 17.7 Å². The predicted octanol–water partition coefficient (Wildman–Crippen LogP) is 6.03. The number of carbonyl (C=O) groups excluding carboxylic acids is 4. The van der Waals surface area contributed by atoms with Crippen molar-refractivity contribution in [1.82, 2.24) is 0 Å². The number of para-hydroxylation sites is 2. The van der Waals surface area contributed by atoms with Crippen molar-refractivity contribution in [2.24, 2.45) is 0 Å². The summed E-state index contributed by atoms with van der Waals surface area (Å²) in [5, 5.41) is 2.70. The van der Waals surface area contributed by atoms with Crippen LogP contribution in [0.2, 0.25) is 0 Å². The fourth-order valence-electron chi connectivity index (χ4n) is 4.96. The molecular weight excluding hydrogens is 524 g/mol. The van der Waals surface area contributed by atoms with Crippen LogP contribution < -0.4 is 10.2 Å². The van der Waals surface area contributed by atoms with Crippen molar-refractivity contribution in [3.8, 4) is 0 Å². The minimum Gasteiger partial charge on any atom is -0.452 e. The second-order valence-electron chi connectivity index (χ2n) is 9.52. The number of hydrogen-bond donors (Lipinski definition) is 1. The number of benzene rings is 4. The van der Waals surface area contributed by atoms with Gasteiger partial charge in [-0.3, -0.25) is 19.2 Å². The molecule has 0 radical (unpaired) electrons. The van der Waals surface area contributed by atoms with Gasteiger partial charge in [0.1, 0.15) is 0 Å². The number of hydrogen-bond acceptors (Lipinski definition) is 7. The highest BCUT2D eigenvalue weighted by Gasteiger charge is 2.30. The van der Waals surface area contributed by atoms with Gasteiger partial charge in [-0.25, -0.2) is 0 Å². The molecule has 4 aromatic rings. The van der Waals surface area contributed by atoms with Crippen molar-refractivity contribution >= 4 is 52.3 Å². The van der Waals surface area contributed by atoms with Crippen LogP contribution in [0.5, 0.6) is 0 Å². The van der Waals surface area contributed by atoms with Crippen LogP contribution >= 0.6 is 11.8 Å². The summed E-state index contributed by atoms with van der Waals surface area (Å²) in [4.78, 5) is 55.7. The normalized spacial score (nSPS) is 13.9. The van der Waals surface area contributed by atoms with Crippen molar-refractivity contribution in [3.05, 3.63) is 113 Å². The Bertz CT molecular complexity index is 1650. The van der Waals surface area contributed by atoms with Crippen molar-refractivity contribution in [3.63, 3.8) is 0 Å². The van der Waals surface area contributed by atoms with Gasteiger partial charge in [0.05, 0.1) is 17.8 Å². The Morgan fingerprint density at radius 2 is 1.32 bits per heavy atom. The predicted molar refractivity (Wildman–Crippen MR) is 153 cm³/mol. The number of rotatable bonds is 6. The molecule has 0 saturated carbocycles. The van der Waals surface area contributed by atoms with Crippen LogP contribution in [0.15, 0.2) is 101 Å². The minimum atomic E-state index is -1.06. The zero-order chi connectivity index (χ0) is 27.8. The summed E-state index contributed by atoms with van der Waals surface area (Å²) >= 11 is 1.69. The number of ether oxygens (including phenoxy) is 1. The van der Waals surface area contributed by atoms with Gasteiger partial charge in [0.25, 0.3) is 5.91 Å². The lowest BCUT2D eigenvalue weighted by molar-refractivity contribution is -0.152. The van der Waals surface area contributed by atoms with Crippen molar-refractivity contribution in [2.75, 3.05) is 16.8 Å². The Balaban J connectivity index is 1.10. The second-order valence-corrected chi connectivity index (χ2v) is 10.6. The molecule has 0 unspecified atom stereocenters. The molecule has 1 N–H and O–H groups in total. The number of anilines is 3. The van der Waals surface area contributed by atoms with E-state index in [2.05, 4.69) is 22.3 Å². The molecule has 1 aliphatic carbocycles. The largest absolute Gasteiger partial charge is 0.452 e. The quantitative estimate of drug-likeness (QED) is 0.259. The van der Waals surface area contributed by atoms with Crippen molar-refractivity contribution in [2.45, 2.75) is 29.2 Å². The van der Waals surface area contributed by atoms with Gasteiger partial charge in [-0.2, -0.15) is 0 Å². The standard InChI is InChI=1S/C32H24N2O5S/c1-19(32(38)33-20-14-15-23-24(18-20)31(37)22-9-3-2-8-21(22)30(23)36)39-29(35)16-17-34-25-10-4-6-12-27(25)40-28-13-7-5-11-26(28)34/h2-15,18-19H,16-17H2,1H3,(H,33,38)/t19-/m0/s1. The van der Waals surface area contributed by atoms with Crippen LogP contribution in [0.3, 0.4) is 0 Å². The van der Waals surface area contributed by atoms with E-state index < -0.39 is 18.0 Å². The van der Waals surface area contributed by atoms with E-state index in [1.54, 1.807) is 42.1 Å². The van der Waals surface area contributed by atoms with Gasteiger partial charge in [-0.1, -0.05) is 60.3 Å². The number of ketones is 2. The summed E-state index contributed by atoms with van der Waals surface area (Å²) in [6, 6.07) is 27.3. The van der Waals surface area contributed by atoms with E-state index in [0.29, 0.717) is 28.9 Å². The zero-order valence-corrected chi connectivity index (χ0v) is 22.4. The van der Waals surface area contributed by atoms with Crippen LogP contribution in [-0.2, 0) is 14.3 Å². The maximum Gasteiger partial charge on any atom is 0.308 e. The highest BCUT2D eigenvalue weighted by molar-refractivity contribution is 7.99. The molecule has 0 aromatic heterocycles. The number of carbonyl (C=O) groups is 4. The van der Waals surface area contributed by atoms with Gasteiger partial charge in [-0.15, -0.1) is 0 Å². The van der Waals surface area contributed by atoms with Crippen LogP contribution in [0.4, 0.5) is 17.1 Å². The van der Waals surface area contributed by atoms with Crippen molar-refractivity contribution < 1.29 is 23.9 Å². The molecule has 198 valence electrons. The van der Waals surface area contributed by atoms with Crippen LogP contribution in [0, 0.1) is 0 Å². The van der Waals surface area contributed by atoms with E-state index in [0.717, 1.165) is 21.2 Å². The Labute approximate surface area is 235 Å². The number of nitrogens with zero attached hydrogens (tertiary/aromatic N) is 1. The second kappa shape index (κ2) is 10.5. The first-order valence-electron chi connectivity index (χ1n) is 12.9. The third-order valence-corrected chi connectivity index (χ3v) is 8.07. The Hall–Kier alpha value is -4.69. The Morgan fingerprint density at radius 1 is 0.775 bits per heavy atom. The maximum absolute atomic E-state index is 13.0. The molecule has 0 saturated heterocycles. The first kappa shape index (κ1) is 25.6. The highest BCUT2D eigenvalue weighted by atomic mass is 32.2. The van der Waals surface area contributed by atoms with Crippen LogP contribution in [-0.4, -0.2) is 36.1 Å². The summed E-state index contributed by atoms with van der Waals surface area (Å²) in [7, 11) is 0. The number of nitrogens with one attached hydrogen (secondary N) is 1. The van der Waals surface area contributed by atoms with Gasteiger partial charge >= 0.3 is 5.97 Å². The maximum atomic E-state index is 13.0. The first-order valence-corrected chi connectivity index (χ1v) is 13.7. The van der Waals surface area contributed by atoms with E-state index in [4.69, 9.17) is 4.74 Å². The highest BCUT2D eigenvalue weighted by Crippen LogP contribution is 2.47. The summed E-state index contributed by atoms with van der Waals surface area (Å²) in [5.74, 6) is -1.55. The van der Waals surface area contributed by atoms with Gasteiger partial charge in [0.2, 0.25) is 0 Å². The van der Waals surface area contributed by atoms with E-state index in [-0.39, 0.29) is 23.6 Å². The molecule has 1 heterocycles. The average molecular weight is 549 g/mol. The molecular formula is C32H24N2O5S. The molecule has 4 aromatic carbocycles. The molecule has 1 aliphatic heterocycles. The summed E-state index contributed by atoms with van der Waals surface area (Å²) < 4.78 is 5.44. The SMILES string of the molecule is C[C@H](OC(=O)CCN1c2ccccc2Sc2ccccc21)C(=O)Nc1ccc2c(c1)C(=O)c1ccccc1C2=O. The monoisotopic (exact) mass is 548 g/mol. The fourth-order valence-corrected chi connectivity index (χ4v) is 6.05. The lowest BCUT2D eigenvalue weighted by Crippen LogP contribution is -2.31. The Morgan fingerprint density at radius 3 is 1.98 bits per heavy atom. The molecule has 8 heteroatoms. The lowest BCUT2D eigenvalue weighted by atomic mass is 9.84. The van der Waals surface area contributed by atoms with E-state index >= 15 is 0 Å². The number of esters is 1.